The fourth-order valence-corrected chi connectivity index (χ4v) is 0.231. The zero-order valence-electron chi connectivity index (χ0n) is 4.37. The summed E-state index contributed by atoms with van der Waals surface area (Å²) < 4.78 is 33.6. The first-order chi connectivity index (χ1) is 3.48. The van der Waals surface area contributed by atoms with Crippen LogP contribution in [0.4, 0.5) is 13.2 Å². The Balaban J connectivity index is 3.62. The van der Waals surface area contributed by atoms with E-state index in [0.717, 1.165) is 0 Å². The molecule has 1 atom stereocenters. The standard InChI is InChI=1S/C4H7F3O/c1-2-3(8)4(5,6)7/h3,8H,2H2,1H3/t3-/m0/s1. The molecule has 50 valence electrons. The second-order valence-corrected chi connectivity index (χ2v) is 1.47. The predicted molar refractivity (Wildman–Crippen MR) is 22.4 cm³/mol. The summed E-state index contributed by atoms with van der Waals surface area (Å²) in [7, 11) is 0. The minimum absolute atomic E-state index is 0.274. The Hall–Kier alpha value is -0.250. The van der Waals surface area contributed by atoms with Crippen LogP contribution in [0.15, 0.2) is 0 Å². The van der Waals surface area contributed by atoms with Gasteiger partial charge in [-0.05, 0) is 6.42 Å². The average molecular weight is 128 g/mol. The summed E-state index contributed by atoms with van der Waals surface area (Å²) >= 11 is 0. The highest BCUT2D eigenvalue weighted by atomic mass is 19.4. The summed E-state index contributed by atoms with van der Waals surface area (Å²) in [5.74, 6) is 0. The summed E-state index contributed by atoms with van der Waals surface area (Å²) in [5.41, 5.74) is 0. The van der Waals surface area contributed by atoms with Crippen LogP contribution in [0, 0.1) is 0 Å². The molecule has 0 aliphatic rings. The molecule has 0 fully saturated rings. The lowest BCUT2D eigenvalue weighted by Crippen LogP contribution is -2.27. The molecule has 1 nitrogen and oxygen atoms in total. The van der Waals surface area contributed by atoms with E-state index >= 15 is 0 Å². The lowest BCUT2D eigenvalue weighted by molar-refractivity contribution is -0.204. The number of rotatable bonds is 1. The second-order valence-electron chi connectivity index (χ2n) is 1.47. The van der Waals surface area contributed by atoms with Crippen molar-refractivity contribution in [1.29, 1.82) is 0 Å². The molecule has 0 rings (SSSR count). The van der Waals surface area contributed by atoms with Crippen molar-refractivity contribution in [3.05, 3.63) is 0 Å². The second kappa shape index (κ2) is 2.35. The van der Waals surface area contributed by atoms with Gasteiger partial charge in [-0.1, -0.05) is 6.92 Å². The summed E-state index contributed by atoms with van der Waals surface area (Å²) in [6.07, 6.45) is -6.86. The van der Waals surface area contributed by atoms with E-state index in [-0.39, 0.29) is 6.42 Å². The molecule has 8 heavy (non-hydrogen) atoms. The zero-order chi connectivity index (χ0) is 6.78. The lowest BCUT2D eigenvalue weighted by atomic mass is 10.3. The molecule has 0 radical (unpaired) electrons. The molecule has 4 heteroatoms. The molecular formula is C4H7F3O. The highest BCUT2D eigenvalue weighted by Gasteiger charge is 2.36. The largest absolute Gasteiger partial charge is 0.414 e. The van der Waals surface area contributed by atoms with E-state index in [1.165, 1.54) is 6.92 Å². The van der Waals surface area contributed by atoms with Gasteiger partial charge in [-0.3, -0.25) is 0 Å². The first kappa shape index (κ1) is 7.75. The van der Waals surface area contributed by atoms with E-state index in [1.807, 2.05) is 0 Å². The molecule has 0 saturated heterocycles. The Morgan fingerprint density at radius 2 is 1.88 bits per heavy atom. The molecule has 0 unspecified atom stereocenters. The van der Waals surface area contributed by atoms with Crippen molar-refractivity contribution in [2.75, 3.05) is 0 Å². The monoisotopic (exact) mass is 128 g/mol. The third-order valence-electron chi connectivity index (χ3n) is 0.765. The van der Waals surface area contributed by atoms with Gasteiger partial charge in [-0.15, -0.1) is 0 Å². The number of alkyl halides is 3. The van der Waals surface area contributed by atoms with Crippen molar-refractivity contribution in [2.45, 2.75) is 25.6 Å². The van der Waals surface area contributed by atoms with Crippen LogP contribution < -0.4 is 0 Å². The Morgan fingerprint density at radius 3 is 1.88 bits per heavy atom. The van der Waals surface area contributed by atoms with E-state index < -0.39 is 12.3 Å². The highest BCUT2D eigenvalue weighted by molar-refractivity contribution is 4.60. The quantitative estimate of drug-likeness (QED) is 0.564. The summed E-state index contributed by atoms with van der Waals surface area (Å²) in [5, 5.41) is 8.07. The van der Waals surface area contributed by atoms with Crippen LogP contribution in [-0.4, -0.2) is 17.4 Å². The van der Waals surface area contributed by atoms with Crippen molar-refractivity contribution >= 4 is 0 Å². The molecule has 0 aliphatic carbocycles. The molecule has 0 spiro atoms. The summed E-state index contributed by atoms with van der Waals surface area (Å²) in [6, 6.07) is 0. The van der Waals surface area contributed by atoms with Crippen LogP contribution in [0.5, 0.6) is 0 Å². The SMILES string of the molecule is CC[C@H](O)C(F)(F)F. The van der Waals surface area contributed by atoms with Crippen molar-refractivity contribution in [3.63, 3.8) is 0 Å². The molecule has 0 amide bonds. The number of hydrogen-bond donors (Lipinski definition) is 1. The minimum atomic E-state index is -4.44. The van der Waals surface area contributed by atoms with E-state index in [2.05, 4.69) is 0 Å². The number of hydrogen-bond acceptors (Lipinski definition) is 1. The summed E-state index contributed by atoms with van der Waals surface area (Å²) in [4.78, 5) is 0. The highest BCUT2D eigenvalue weighted by Crippen LogP contribution is 2.21. The van der Waals surface area contributed by atoms with E-state index in [4.69, 9.17) is 5.11 Å². The number of aliphatic hydroxyl groups excluding tert-OH is 1. The maximum absolute atomic E-state index is 11.2. The van der Waals surface area contributed by atoms with Gasteiger partial charge in [0.05, 0.1) is 0 Å². The van der Waals surface area contributed by atoms with Crippen LogP contribution in [0.2, 0.25) is 0 Å². The van der Waals surface area contributed by atoms with Crippen molar-refractivity contribution in [3.8, 4) is 0 Å². The van der Waals surface area contributed by atoms with Crippen LogP contribution in [0.25, 0.3) is 0 Å². The van der Waals surface area contributed by atoms with Gasteiger partial charge in [-0.25, -0.2) is 0 Å². The molecule has 0 aromatic carbocycles. The molecule has 0 aliphatic heterocycles. The van der Waals surface area contributed by atoms with Crippen molar-refractivity contribution < 1.29 is 18.3 Å². The van der Waals surface area contributed by atoms with Crippen LogP contribution in [0.3, 0.4) is 0 Å². The van der Waals surface area contributed by atoms with Crippen molar-refractivity contribution in [2.24, 2.45) is 0 Å². The minimum Gasteiger partial charge on any atom is -0.384 e. The predicted octanol–water partition coefficient (Wildman–Crippen LogP) is 1.32. The van der Waals surface area contributed by atoms with Gasteiger partial charge in [0.2, 0.25) is 0 Å². The molecule has 0 bridgehead atoms. The van der Waals surface area contributed by atoms with Crippen LogP contribution >= 0.6 is 0 Å². The number of halogens is 3. The smallest absolute Gasteiger partial charge is 0.384 e. The van der Waals surface area contributed by atoms with Gasteiger partial charge >= 0.3 is 6.18 Å². The molecule has 0 saturated carbocycles. The Morgan fingerprint density at radius 1 is 1.50 bits per heavy atom. The average Bonchev–Trinajstić information content (AvgIpc) is 1.62. The van der Waals surface area contributed by atoms with Crippen molar-refractivity contribution in [1.82, 2.24) is 0 Å². The fraction of sp³-hybridized carbons (Fsp3) is 1.00. The van der Waals surface area contributed by atoms with Crippen LogP contribution in [-0.2, 0) is 0 Å². The van der Waals surface area contributed by atoms with Gasteiger partial charge in [0.15, 0.2) is 0 Å². The molecular weight excluding hydrogens is 121 g/mol. The zero-order valence-corrected chi connectivity index (χ0v) is 4.37. The Bertz CT molecular complexity index is 68.2. The molecule has 0 aromatic rings. The van der Waals surface area contributed by atoms with Gasteiger partial charge in [0.25, 0.3) is 0 Å². The van der Waals surface area contributed by atoms with E-state index in [0.29, 0.717) is 0 Å². The van der Waals surface area contributed by atoms with E-state index in [9.17, 15) is 13.2 Å². The van der Waals surface area contributed by atoms with Gasteiger partial charge in [0.1, 0.15) is 6.10 Å². The molecule has 0 heterocycles. The third kappa shape index (κ3) is 2.16. The normalized spacial score (nSPS) is 16.1. The summed E-state index contributed by atoms with van der Waals surface area (Å²) in [6.45, 7) is 1.28. The fourth-order valence-electron chi connectivity index (χ4n) is 0.231. The maximum Gasteiger partial charge on any atom is 0.414 e. The lowest BCUT2D eigenvalue weighted by Gasteiger charge is -2.10. The Kier molecular flexibility index (Phi) is 2.27. The third-order valence-corrected chi connectivity index (χ3v) is 0.765. The Labute approximate surface area is 45.1 Å². The van der Waals surface area contributed by atoms with Gasteiger partial charge in [0, 0.05) is 0 Å². The van der Waals surface area contributed by atoms with Gasteiger partial charge in [-0.2, -0.15) is 13.2 Å². The molecule has 0 aromatic heterocycles. The topological polar surface area (TPSA) is 20.2 Å². The van der Waals surface area contributed by atoms with Gasteiger partial charge < -0.3 is 5.11 Å². The molecule has 1 N–H and O–H groups in total. The first-order valence-electron chi connectivity index (χ1n) is 2.23. The first-order valence-corrected chi connectivity index (χ1v) is 2.23. The van der Waals surface area contributed by atoms with E-state index in [1.54, 1.807) is 0 Å². The van der Waals surface area contributed by atoms with Crippen LogP contribution in [0.1, 0.15) is 13.3 Å². The number of aliphatic hydroxyl groups is 1. The maximum atomic E-state index is 11.2.